The normalized spacial score (nSPS) is 23.6. The van der Waals surface area contributed by atoms with E-state index >= 15 is 0 Å². The molecule has 1 saturated heterocycles. The molecule has 1 aromatic rings. The first-order chi connectivity index (χ1) is 8.08. The Kier molecular flexibility index (Phi) is 3.28. The van der Waals surface area contributed by atoms with Gasteiger partial charge in [-0.2, -0.15) is 0 Å². The molecule has 0 spiro atoms. The number of ether oxygens (including phenoxy) is 1. The second-order valence-corrected chi connectivity index (χ2v) is 4.20. The molecule has 0 aliphatic carbocycles. The number of nitrogens with one attached hydrogen (secondary N) is 1. The molecule has 0 aromatic heterocycles. The predicted molar refractivity (Wildman–Crippen MR) is 63.0 cm³/mol. The van der Waals surface area contributed by atoms with Crippen LogP contribution in [0.3, 0.4) is 0 Å². The molecule has 2 unspecified atom stereocenters. The van der Waals surface area contributed by atoms with E-state index in [-0.39, 0.29) is 23.6 Å². The first kappa shape index (κ1) is 11.9. The fraction of sp³-hybridized carbons (Fsp3) is 0.417. The van der Waals surface area contributed by atoms with Gasteiger partial charge in [0.25, 0.3) is 0 Å². The van der Waals surface area contributed by atoms with Gasteiger partial charge in [0.05, 0.1) is 17.7 Å². The summed E-state index contributed by atoms with van der Waals surface area (Å²) >= 11 is 0. The summed E-state index contributed by atoms with van der Waals surface area (Å²) in [7, 11) is 0. The summed E-state index contributed by atoms with van der Waals surface area (Å²) in [5, 5.41) is 2.55. The van der Waals surface area contributed by atoms with Crippen LogP contribution in [0.1, 0.15) is 13.3 Å². The zero-order valence-electron chi connectivity index (χ0n) is 9.57. The highest BCUT2D eigenvalue weighted by Gasteiger charge is 2.31. The number of nitrogens with two attached hydrogens (primary N) is 1. The third-order valence-electron chi connectivity index (χ3n) is 2.96. The molecule has 17 heavy (non-hydrogen) atoms. The fourth-order valence-electron chi connectivity index (χ4n) is 1.94. The second-order valence-electron chi connectivity index (χ2n) is 4.20. The monoisotopic (exact) mass is 238 g/mol. The summed E-state index contributed by atoms with van der Waals surface area (Å²) < 4.78 is 18.7. The lowest BCUT2D eigenvalue weighted by Crippen LogP contribution is -2.28. The molecule has 1 amide bonds. The minimum atomic E-state index is -0.487. The Bertz CT molecular complexity index is 437. The average molecular weight is 238 g/mol. The highest BCUT2D eigenvalue weighted by atomic mass is 19.1. The van der Waals surface area contributed by atoms with Gasteiger partial charge in [0, 0.05) is 12.3 Å². The molecule has 2 rings (SSSR count). The number of hydrogen-bond acceptors (Lipinski definition) is 3. The van der Waals surface area contributed by atoms with Crippen LogP contribution in [0, 0.1) is 11.7 Å². The number of carbonyl (C=O) groups excluding carboxylic acids is 1. The standard InChI is InChI=1S/C12H15FN2O2/c1-7-9(4-5-17-7)12(16)15-11-6-8(14)2-3-10(11)13/h2-3,6-7,9H,4-5,14H2,1H3,(H,15,16). The van der Waals surface area contributed by atoms with Gasteiger partial charge in [-0.1, -0.05) is 0 Å². The third-order valence-corrected chi connectivity index (χ3v) is 2.96. The van der Waals surface area contributed by atoms with Gasteiger partial charge in [0.1, 0.15) is 5.82 Å². The molecule has 0 saturated carbocycles. The lowest BCUT2D eigenvalue weighted by atomic mass is 10.0. The van der Waals surface area contributed by atoms with Gasteiger partial charge in [-0.05, 0) is 31.5 Å². The Hall–Kier alpha value is -1.62. The van der Waals surface area contributed by atoms with Gasteiger partial charge >= 0.3 is 0 Å². The van der Waals surface area contributed by atoms with E-state index in [1.807, 2.05) is 6.92 Å². The van der Waals surface area contributed by atoms with Crippen LogP contribution < -0.4 is 11.1 Å². The second kappa shape index (κ2) is 4.71. The number of rotatable bonds is 2. The summed E-state index contributed by atoms with van der Waals surface area (Å²) in [4.78, 5) is 11.9. The van der Waals surface area contributed by atoms with Crippen LogP contribution in [-0.4, -0.2) is 18.6 Å². The zero-order valence-corrected chi connectivity index (χ0v) is 9.57. The van der Waals surface area contributed by atoms with E-state index in [0.29, 0.717) is 18.7 Å². The topological polar surface area (TPSA) is 64.3 Å². The Balaban J connectivity index is 2.10. The summed E-state index contributed by atoms with van der Waals surface area (Å²) in [6, 6.07) is 4.10. The molecule has 1 aromatic carbocycles. The summed E-state index contributed by atoms with van der Waals surface area (Å²) in [5.74, 6) is -0.936. The zero-order chi connectivity index (χ0) is 12.4. The molecule has 1 heterocycles. The van der Waals surface area contributed by atoms with Crippen molar-refractivity contribution in [1.82, 2.24) is 0 Å². The number of halogens is 1. The van der Waals surface area contributed by atoms with Gasteiger partial charge in [0.2, 0.25) is 5.91 Å². The van der Waals surface area contributed by atoms with Crippen molar-refractivity contribution >= 4 is 17.3 Å². The van der Waals surface area contributed by atoms with Gasteiger partial charge in [-0.25, -0.2) is 4.39 Å². The number of amides is 1. The number of nitrogen functional groups attached to an aromatic ring is 1. The summed E-state index contributed by atoms with van der Waals surface area (Å²) in [6.45, 7) is 2.41. The van der Waals surface area contributed by atoms with E-state index in [0.717, 1.165) is 0 Å². The Labute approximate surface area is 98.9 Å². The molecule has 2 atom stereocenters. The fourth-order valence-corrected chi connectivity index (χ4v) is 1.94. The minimum Gasteiger partial charge on any atom is -0.399 e. The molecule has 92 valence electrons. The molecule has 1 aliphatic rings. The van der Waals surface area contributed by atoms with Crippen molar-refractivity contribution in [3.63, 3.8) is 0 Å². The third kappa shape index (κ3) is 2.55. The molecular weight excluding hydrogens is 223 g/mol. The van der Waals surface area contributed by atoms with Crippen molar-refractivity contribution in [2.24, 2.45) is 5.92 Å². The van der Waals surface area contributed by atoms with Crippen molar-refractivity contribution in [3.8, 4) is 0 Å². The number of benzene rings is 1. The van der Waals surface area contributed by atoms with Crippen LogP contribution in [0.5, 0.6) is 0 Å². The lowest BCUT2D eigenvalue weighted by Gasteiger charge is -2.14. The molecule has 5 heteroatoms. The molecular formula is C12H15FN2O2. The van der Waals surface area contributed by atoms with E-state index in [2.05, 4.69) is 5.32 Å². The van der Waals surface area contributed by atoms with Crippen LogP contribution in [0.25, 0.3) is 0 Å². The molecule has 3 N–H and O–H groups in total. The first-order valence-corrected chi connectivity index (χ1v) is 5.55. The summed E-state index contributed by atoms with van der Waals surface area (Å²) in [6.07, 6.45) is 0.538. The van der Waals surface area contributed by atoms with Crippen molar-refractivity contribution in [1.29, 1.82) is 0 Å². The molecule has 0 bridgehead atoms. The predicted octanol–water partition coefficient (Wildman–Crippen LogP) is 1.77. The van der Waals surface area contributed by atoms with Gasteiger partial charge in [0.15, 0.2) is 0 Å². The van der Waals surface area contributed by atoms with Crippen LogP contribution in [0.4, 0.5) is 15.8 Å². The van der Waals surface area contributed by atoms with Crippen molar-refractivity contribution < 1.29 is 13.9 Å². The first-order valence-electron chi connectivity index (χ1n) is 5.55. The van der Waals surface area contributed by atoms with E-state index in [9.17, 15) is 9.18 Å². The quantitative estimate of drug-likeness (QED) is 0.772. The highest BCUT2D eigenvalue weighted by Crippen LogP contribution is 2.24. The largest absolute Gasteiger partial charge is 0.399 e. The van der Waals surface area contributed by atoms with Gasteiger partial charge < -0.3 is 15.8 Å². The number of carbonyl (C=O) groups is 1. The maximum atomic E-state index is 13.4. The van der Waals surface area contributed by atoms with E-state index in [1.165, 1.54) is 18.2 Å². The van der Waals surface area contributed by atoms with Crippen LogP contribution >= 0.6 is 0 Å². The number of anilines is 2. The maximum absolute atomic E-state index is 13.4. The van der Waals surface area contributed by atoms with Crippen LogP contribution in [-0.2, 0) is 9.53 Å². The SMILES string of the molecule is CC1OCCC1C(=O)Nc1cc(N)ccc1F. The molecule has 1 aliphatic heterocycles. The Morgan fingerprint density at radius 2 is 2.35 bits per heavy atom. The number of hydrogen-bond donors (Lipinski definition) is 2. The Morgan fingerprint density at radius 3 is 3.00 bits per heavy atom. The maximum Gasteiger partial charge on any atom is 0.230 e. The van der Waals surface area contributed by atoms with Crippen LogP contribution in [0.2, 0.25) is 0 Å². The van der Waals surface area contributed by atoms with E-state index in [4.69, 9.17) is 10.5 Å². The molecule has 4 nitrogen and oxygen atoms in total. The van der Waals surface area contributed by atoms with E-state index < -0.39 is 5.82 Å². The van der Waals surface area contributed by atoms with Gasteiger partial charge in [-0.15, -0.1) is 0 Å². The van der Waals surface area contributed by atoms with E-state index in [1.54, 1.807) is 0 Å². The smallest absolute Gasteiger partial charge is 0.230 e. The van der Waals surface area contributed by atoms with Gasteiger partial charge in [-0.3, -0.25) is 4.79 Å². The van der Waals surface area contributed by atoms with Crippen molar-refractivity contribution in [3.05, 3.63) is 24.0 Å². The van der Waals surface area contributed by atoms with Crippen LogP contribution in [0.15, 0.2) is 18.2 Å². The highest BCUT2D eigenvalue weighted by molar-refractivity contribution is 5.93. The Morgan fingerprint density at radius 1 is 1.59 bits per heavy atom. The lowest BCUT2D eigenvalue weighted by molar-refractivity contribution is -0.121. The average Bonchev–Trinajstić information content (AvgIpc) is 2.70. The summed E-state index contributed by atoms with van der Waals surface area (Å²) in [5.41, 5.74) is 6.08. The van der Waals surface area contributed by atoms with Crippen molar-refractivity contribution in [2.45, 2.75) is 19.4 Å². The minimum absolute atomic E-state index is 0.120. The molecule has 1 fully saturated rings. The van der Waals surface area contributed by atoms with Crippen molar-refractivity contribution in [2.75, 3.05) is 17.7 Å². The molecule has 0 radical (unpaired) electrons.